The predicted molar refractivity (Wildman–Crippen MR) is 134 cm³/mol. The third kappa shape index (κ3) is 7.15. The van der Waals surface area contributed by atoms with Crippen LogP contribution in [-0.2, 0) is 18.8 Å². The van der Waals surface area contributed by atoms with Gasteiger partial charge in [-0.2, -0.15) is 0 Å². The molecule has 0 spiro atoms. The van der Waals surface area contributed by atoms with Gasteiger partial charge in [-0.25, -0.2) is 0 Å². The SMILES string of the molecule is COC(=O)CCCC#CC(O)C1C(=O)C=CC1C=CC(O[SiH](C)C)(C1CCCC1)C(C)(C)C. The highest BCUT2D eigenvalue weighted by molar-refractivity contribution is 6.48. The van der Waals surface area contributed by atoms with E-state index in [-0.39, 0.29) is 28.7 Å². The average Bonchev–Trinajstić information content (AvgIpc) is 3.39. The van der Waals surface area contributed by atoms with Gasteiger partial charge in [-0.05, 0) is 49.8 Å². The summed E-state index contributed by atoms with van der Waals surface area (Å²) in [6.45, 7) is 11.2. The van der Waals surface area contributed by atoms with Crippen LogP contribution in [0.25, 0.3) is 0 Å². The van der Waals surface area contributed by atoms with E-state index in [0.29, 0.717) is 25.2 Å². The van der Waals surface area contributed by atoms with Gasteiger partial charge in [-0.3, -0.25) is 9.59 Å². The topological polar surface area (TPSA) is 72.8 Å². The molecule has 0 aliphatic heterocycles. The standard InChI is InChI=1S/C27H42O5Si/c1-26(2,3)27(32-33(5)6,21-12-10-11-13-21)19-18-20-16-17-23(29)25(20)22(28)14-8-7-9-15-24(30)31-4/h16-22,25,28,33H,7,9-13,15H2,1-6H3. The van der Waals surface area contributed by atoms with Gasteiger partial charge >= 0.3 is 5.97 Å². The number of unbranched alkanes of at least 4 members (excludes halogenated alkanes) is 1. The molecule has 1 saturated carbocycles. The first-order chi connectivity index (χ1) is 15.5. The molecule has 0 bridgehead atoms. The van der Waals surface area contributed by atoms with Gasteiger partial charge in [-0.15, -0.1) is 5.92 Å². The molecule has 6 heteroatoms. The number of carbonyl (C=O) groups is 2. The van der Waals surface area contributed by atoms with Gasteiger partial charge in [0.25, 0.3) is 0 Å². The summed E-state index contributed by atoms with van der Waals surface area (Å²) >= 11 is 0. The lowest BCUT2D eigenvalue weighted by Gasteiger charge is -2.49. The summed E-state index contributed by atoms with van der Waals surface area (Å²) in [7, 11) is 0.0228. The molecular weight excluding hydrogens is 432 g/mol. The van der Waals surface area contributed by atoms with Crippen molar-refractivity contribution >= 4 is 20.8 Å². The first-order valence-corrected chi connectivity index (χ1v) is 15.1. The van der Waals surface area contributed by atoms with E-state index < -0.39 is 21.1 Å². The minimum absolute atomic E-state index is 0.0876. The molecular formula is C27H42O5Si. The largest absolute Gasteiger partial charge is 0.469 e. The Morgan fingerprint density at radius 1 is 1.30 bits per heavy atom. The van der Waals surface area contributed by atoms with Crippen molar-refractivity contribution in [1.29, 1.82) is 0 Å². The summed E-state index contributed by atoms with van der Waals surface area (Å²) in [5.41, 5.74) is -0.464. The van der Waals surface area contributed by atoms with Crippen LogP contribution in [0.15, 0.2) is 24.3 Å². The molecule has 0 aromatic carbocycles. The Balaban J connectivity index is 2.20. The maximum Gasteiger partial charge on any atom is 0.305 e. The molecule has 0 amide bonds. The molecule has 2 rings (SSSR count). The maximum atomic E-state index is 12.6. The molecule has 0 heterocycles. The number of hydrogen-bond acceptors (Lipinski definition) is 5. The van der Waals surface area contributed by atoms with Crippen LogP contribution in [0.5, 0.6) is 0 Å². The van der Waals surface area contributed by atoms with E-state index in [1.54, 1.807) is 6.08 Å². The minimum Gasteiger partial charge on any atom is -0.469 e. The van der Waals surface area contributed by atoms with Crippen LogP contribution in [0.1, 0.15) is 65.7 Å². The van der Waals surface area contributed by atoms with Crippen LogP contribution in [0.4, 0.5) is 0 Å². The van der Waals surface area contributed by atoms with Gasteiger partial charge in [-0.1, -0.05) is 57.8 Å². The zero-order chi connectivity index (χ0) is 24.6. The fourth-order valence-corrected chi connectivity index (χ4v) is 6.58. The second-order valence-electron chi connectivity index (χ2n) is 10.6. The second-order valence-corrected chi connectivity index (χ2v) is 12.9. The first kappa shape index (κ1) is 27.6. The number of aliphatic hydroxyl groups excluding tert-OH is 1. The van der Waals surface area contributed by atoms with Gasteiger partial charge < -0.3 is 14.3 Å². The van der Waals surface area contributed by atoms with Crippen molar-refractivity contribution in [3.05, 3.63) is 24.3 Å². The van der Waals surface area contributed by atoms with Crippen LogP contribution < -0.4 is 0 Å². The Morgan fingerprint density at radius 2 is 1.97 bits per heavy atom. The Bertz CT molecular complexity index is 792. The van der Waals surface area contributed by atoms with E-state index in [2.05, 4.69) is 62.6 Å². The van der Waals surface area contributed by atoms with E-state index in [4.69, 9.17) is 4.43 Å². The van der Waals surface area contributed by atoms with Crippen molar-refractivity contribution in [2.45, 2.75) is 90.5 Å². The molecule has 2 aliphatic carbocycles. The summed E-state index contributed by atoms with van der Waals surface area (Å²) in [5.74, 6) is 5.03. The molecule has 1 N–H and O–H groups in total. The number of ketones is 1. The molecule has 0 radical (unpaired) electrons. The van der Waals surface area contributed by atoms with Gasteiger partial charge in [0.15, 0.2) is 14.8 Å². The number of aliphatic hydroxyl groups is 1. The van der Waals surface area contributed by atoms with Gasteiger partial charge in [0.05, 0.1) is 18.6 Å². The molecule has 2 aliphatic rings. The Labute approximate surface area is 201 Å². The molecule has 1 fully saturated rings. The molecule has 4 unspecified atom stereocenters. The number of carbonyl (C=O) groups excluding carboxylic acids is 2. The summed E-state index contributed by atoms with van der Waals surface area (Å²) in [6.07, 6.45) is 12.8. The van der Waals surface area contributed by atoms with Crippen LogP contribution in [0.3, 0.4) is 0 Å². The third-order valence-electron chi connectivity index (χ3n) is 6.86. The summed E-state index contributed by atoms with van der Waals surface area (Å²) in [5, 5.41) is 10.7. The highest BCUT2D eigenvalue weighted by Crippen LogP contribution is 2.48. The van der Waals surface area contributed by atoms with Crippen LogP contribution >= 0.6 is 0 Å². The number of hydrogen-bond donors (Lipinski definition) is 1. The van der Waals surface area contributed by atoms with E-state index in [1.165, 1.54) is 20.0 Å². The lowest BCUT2D eigenvalue weighted by molar-refractivity contribution is -0.140. The van der Waals surface area contributed by atoms with Gasteiger partial charge in [0, 0.05) is 18.8 Å². The predicted octanol–water partition coefficient (Wildman–Crippen LogP) is 4.60. The van der Waals surface area contributed by atoms with Crippen molar-refractivity contribution < 1.29 is 23.9 Å². The Hall–Kier alpha value is -1.68. The van der Waals surface area contributed by atoms with Crippen molar-refractivity contribution in [2.75, 3.05) is 7.11 Å². The third-order valence-corrected chi connectivity index (χ3v) is 7.72. The number of ether oxygens (including phenoxy) is 1. The molecule has 0 saturated heterocycles. The lowest BCUT2D eigenvalue weighted by Crippen LogP contribution is -2.51. The molecule has 0 aromatic heterocycles. The normalized spacial score (nSPS) is 24.2. The van der Waals surface area contributed by atoms with E-state index in [9.17, 15) is 14.7 Å². The zero-order valence-electron chi connectivity index (χ0n) is 21.2. The Morgan fingerprint density at radius 3 is 2.55 bits per heavy atom. The molecule has 4 atom stereocenters. The monoisotopic (exact) mass is 474 g/mol. The van der Waals surface area contributed by atoms with Crippen molar-refractivity contribution in [2.24, 2.45) is 23.2 Å². The van der Waals surface area contributed by atoms with E-state index in [1.807, 2.05) is 6.08 Å². The van der Waals surface area contributed by atoms with Crippen LogP contribution in [0.2, 0.25) is 13.1 Å². The first-order valence-electron chi connectivity index (χ1n) is 12.3. The number of rotatable bonds is 9. The molecule has 33 heavy (non-hydrogen) atoms. The average molecular weight is 475 g/mol. The number of methoxy groups -OCH3 is 1. The van der Waals surface area contributed by atoms with E-state index in [0.717, 1.165) is 12.8 Å². The molecule has 0 aromatic rings. The van der Waals surface area contributed by atoms with Crippen molar-refractivity contribution in [3.8, 4) is 11.8 Å². The number of esters is 1. The summed E-state index contributed by atoms with van der Waals surface area (Å²) < 4.78 is 11.4. The van der Waals surface area contributed by atoms with Gasteiger partial charge in [0.1, 0.15) is 6.10 Å². The van der Waals surface area contributed by atoms with Crippen LogP contribution in [-0.4, -0.2) is 44.7 Å². The minimum atomic E-state index is -1.34. The zero-order valence-corrected chi connectivity index (χ0v) is 22.4. The maximum absolute atomic E-state index is 12.6. The van der Waals surface area contributed by atoms with Crippen molar-refractivity contribution in [3.63, 3.8) is 0 Å². The second kappa shape index (κ2) is 12.1. The fourth-order valence-electron chi connectivity index (χ4n) is 5.18. The lowest BCUT2D eigenvalue weighted by atomic mass is 9.67. The molecule has 5 nitrogen and oxygen atoms in total. The van der Waals surface area contributed by atoms with Crippen molar-refractivity contribution in [1.82, 2.24) is 0 Å². The summed E-state index contributed by atoms with van der Waals surface area (Å²) in [4.78, 5) is 23.8. The van der Waals surface area contributed by atoms with E-state index >= 15 is 0 Å². The quantitative estimate of drug-likeness (QED) is 0.174. The fraction of sp³-hybridized carbons (Fsp3) is 0.704. The summed E-state index contributed by atoms with van der Waals surface area (Å²) in [6, 6.07) is 0. The van der Waals surface area contributed by atoms with Crippen LogP contribution in [0, 0.1) is 35.0 Å². The van der Waals surface area contributed by atoms with Gasteiger partial charge in [0.2, 0.25) is 0 Å². The highest BCUT2D eigenvalue weighted by Gasteiger charge is 2.48. The highest BCUT2D eigenvalue weighted by atomic mass is 28.3. The smallest absolute Gasteiger partial charge is 0.305 e. The molecule has 184 valence electrons. The number of allylic oxidation sites excluding steroid dienone is 3. The Kier molecular flexibility index (Phi) is 10.1.